The highest BCUT2D eigenvalue weighted by Crippen LogP contribution is 2.27. The molecule has 96 valence electrons. The standard InChI is InChI=1S/C10H11N3O4S/c1-18(16,17)12-5-4-11-7-8-6-9(13(14)15)2-3-10(8)12/h2-3,6-7H,4-5H2,1H3. The molecule has 8 heteroatoms. The fourth-order valence-corrected chi connectivity index (χ4v) is 2.70. The molecule has 0 amide bonds. The summed E-state index contributed by atoms with van der Waals surface area (Å²) in [5, 5.41) is 10.7. The smallest absolute Gasteiger partial charge is 0.270 e. The zero-order chi connectivity index (χ0) is 13.3. The molecule has 1 heterocycles. The van der Waals surface area contributed by atoms with Crippen LogP contribution in [0, 0.1) is 10.1 Å². The average molecular weight is 269 g/mol. The van der Waals surface area contributed by atoms with Crippen LogP contribution in [0.25, 0.3) is 0 Å². The van der Waals surface area contributed by atoms with Gasteiger partial charge in [0.25, 0.3) is 5.69 Å². The molecule has 0 bridgehead atoms. The highest BCUT2D eigenvalue weighted by Gasteiger charge is 2.22. The molecule has 7 nitrogen and oxygen atoms in total. The van der Waals surface area contributed by atoms with E-state index >= 15 is 0 Å². The molecule has 0 aromatic heterocycles. The molecular formula is C10H11N3O4S. The molecule has 1 aliphatic heterocycles. The van der Waals surface area contributed by atoms with Crippen molar-refractivity contribution in [3.05, 3.63) is 33.9 Å². The van der Waals surface area contributed by atoms with Gasteiger partial charge in [-0.2, -0.15) is 0 Å². The second-order valence-electron chi connectivity index (χ2n) is 3.87. The topological polar surface area (TPSA) is 92.9 Å². The summed E-state index contributed by atoms with van der Waals surface area (Å²) in [5.74, 6) is 0. The Morgan fingerprint density at radius 1 is 1.44 bits per heavy atom. The lowest BCUT2D eigenvalue weighted by atomic mass is 10.1. The SMILES string of the molecule is CS(=O)(=O)N1CCN=Cc2cc([N+](=O)[O-])ccc21. The van der Waals surface area contributed by atoms with Crippen molar-refractivity contribution in [3.8, 4) is 0 Å². The summed E-state index contributed by atoms with van der Waals surface area (Å²) in [6, 6.07) is 4.05. The predicted molar refractivity (Wildman–Crippen MR) is 67.7 cm³/mol. The van der Waals surface area contributed by atoms with Gasteiger partial charge < -0.3 is 0 Å². The fourth-order valence-electron chi connectivity index (χ4n) is 1.76. The predicted octanol–water partition coefficient (Wildman–Crippen LogP) is 0.793. The maximum absolute atomic E-state index is 11.7. The fraction of sp³-hybridized carbons (Fsp3) is 0.300. The summed E-state index contributed by atoms with van der Waals surface area (Å²) >= 11 is 0. The Morgan fingerprint density at radius 2 is 2.17 bits per heavy atom. The van der Waals surface area contributed by atoms with E-state index < -0.39 is 14.9 Å². The first-order valence-electron chi connectivity index (χ1n) is 5.15. The lowest BCUT2D eigenvalue weighted by Crippen LogP contribution is -2.32. The lowest BCUT2D eigenvalue weighted by Gasteiger charge is -2.21. The molecule has 2 rings (SSSR count). The number of hydrogen-bond acceptors (Lipinski definition) is 5. The Balaban J connectivity index is 2.58. The molecule has 0 aliphatic carbocycles. The zero-order valence-electron chi connectivity index (χ0n) is 9.61. The molecule has 0 unspecified atom stereocenters. The molecule has 18 heavy (non-hydrogen) atoms. The number of sulfonamides is 1. The number of aliphatic imine (C=N–C) groups is 1. The highest BCUT2D eigenvalue weighted by atomic mass is 32.2. The van der Waals surface area contributed by atoms with Gasteiger partial charge in [-0.15, -0.1) is 0 Å². The van der Waals surface area contributed by atoms with E-state index in [1.165, 1.54) is 28.7 Å². The van der Waals surface area contributed by atoms with Gasteiger partial charge in [-0.25, -0.2) is 8.42 Å². The van der Waals surface area contributed by atoms with Gasteiger partial charge >= 0.3 is 0 Å². The van der Waals surface area contributed by atoms with Crippen molar-refractivity contribution in [2.45, 2.75) is 0 Å². The van der Waals surface area contributed by atoms with E-state index in [-0.39, 0.29) is 12.2 Å². The van der Waals surface area contributed by atoms with Gasteiger partial charge in [-0.05, 0) is 6.07 Å². The maximum atomic E-state index is 11.7. The normalized spacial score (nSPS) is 15.1. The van der Waals surface area contributed by atoms with Crippen molar-refractivity contribution < 1.29 is 13.3 Å². The largest absolute Gasteiger partial charge is 0.291 e. The lowest BCUT2D eigenvalue weighted by molar-refractivity contribution is -0.384. The first-order chi connectivity index (χ1) is 8.39. The van der Waals surface area contributed by atoms with Gasteiger partial charge in [0.2, 0.25) is 10.0 Å². The van der Waals surface area contributed by atoms with E-state index in [4.69, 9.17) is 0 Å². The number of fused-ring (bicyclic) bond motifs is 1. The summed E-state index contributed by atoms with van der Waals surface area (Å²) in [5.41, 5.74) is 0.770. The third-order valence-corrected chi connectivity index (χ3v) is 3.73. The third kappa shape index (κ3) is 2.33. The molecular weight excluding hydrogens is 258 g/mol. The molecule has 1 aliphatic rings. The van der Waals surface area contributed by atoms with Crippen molar-refractivity contribution in [2.24, 2.45) is 4.99 Å². The average Bonchev–Trinajstić information content (AvgIpc) is 2.48. The number of rotatable bonds is 2. The number of nitro groups is 1. The minimum atomic E-state index is -3.41. The van der Waals surface area contributed by atoms with Gasteiger partial charge in [0.1, 0.15) is 0 Å². The number of benzodiazepines with no additional fused rings is 1. The highest BCUT2D eigenvalue weighted by molar-refractivity contribution is 7.92. The summed E-state index contributed by atoms with van der Waals surface area (Å²) in [6.45, 7) is 0.565. The van der Waals surface area contributed by atoms with E-state index in [1.807, 2.05) is 0 Å². The molecule has 0 saturated carbocycles. The maximum Gasteiger partial charge on any atom is 0.270 e. The number of hydrogen-bond donors (Lipinski definition) is 0. The van der Waals surface area contributed by atoms with Crippen LogP contribution in [-0.4, -0.2) is 38.9 Å². The third-order valence-electron chi connectivity index (χ3n) is 2.55. The molecule has 0 radical (unpaired) electrons. The van der Waals surface area contributed by atoms with Gasteiger partial charge in [0.05, 0.1) is 30.0 Å². The Bertz CT molecular complexity index is 624. The van der Waals surface area contributed by atoms with Crippen LogP contribution in [0.2, 0.25) is 0 Å². The van der Waals surface area contributed by atoms with E-state index in [2.05, 4.69) is 4.99 Å². The molecule has 0 saturated heterocycles. The summed E-state index contributed by atoms with van der Waals surface area (Å²) in [6.07, 6.45) is 2.57. The molecule has 0 fully saturated rings. The first kappa shape index (κ1) is 12.5. The van der Waals surface area contributed by atoms with Crippen LogP contribution >= 0.6 is 0 Å². The van der Waals surface area contributed by atoms with Gasteiger partial charge in [-0.1, -0.05) is 0 Å². The van der Waals surface area contributed by atoms with Gasteiger partial charge in [-0.3, -0.25) is 19.4 Å². The zero-order valence-corrected chi connectivity index (χ0v) is 10.4. The van der Waals surface area contributed by atoms with Crippen LogP contribution in [0.3, 0.4) is 0 Å². The van der Waals surface area contributed by atoms with Crippen molar-refractivity contribution in [1.82, 2.24) is 0 Å². The van der Waals surface area contributed by atoms with Crippen molar-refractivity contribution >= 4 is 27.6 Å². The summed E-state index contributed by atoms with van der Waals surface area (Å²) in [7, 11) is -3.41. The van der Waals surface area contributed by atoms with E-state index in [0.29, 0.717) is 17.8 Å². The second kappa shape index (κ2) is 4.37. The Kier molecular flexibility index (Phi) is 3.04. The molecule has 1 aromatic rings. The van der Waals surface area contributed by atoms with Crippen LogP contribution in [0.5, 0.6) is 0 Å². The Morgan fingerprint density at radius 3 is 2.78 bits per heavy atom. The molecule has 0 spiro atoms. The Labute approximate surface area is 104 Å². The van der Waals surface area contributed by atoms with Crippen molar-refractivity contribution in [1.29, 1.82) is 0 Å². The minimum absolute atomic E-state index is 0.0875. The van der Waals surface area contributed by atoms with E-state index in [1.54, 1.807) is 0 Å². The van der Waals surface area contributed by atoms with Crippen molar-refractivity contribution in [2.75, 3.05) is 23.7 Å². The molecule has 0 atom stereocenters. The molecule has 0 N–H and O–H groups in total. The van der Waals surface area contributed by atoms with Crippen LogP contribution in [0.15, 0.2) is 23.2 Å². The first-order valence-corrected chi connectivity index (χ1v) is 7.00. The van der Waals surface area contributed by atoms with Gasteiger partial charge in [0.15, 0.2) is 0 Å². The molecule has 1 aromatic carbocycles. The summed E-state index contributed by atoms with van der Waals surface area (Å²) in [4.78, 5) is 14.2. The number of non-ortho nitro benzene ring substituents is 1. The van der Waals surface area contributed by atoms with E-state index in [0.717, 1.165) is 6.26 Å². The van der Waals surface area contributed by atoms with Gasteiger partial charge in [0, 0.05) is 23.9 Å². The van der Waals surface area contributed by atoms with Crippen LogP contribution in [0.4, 0.5) is 11.4 Å². The number of benzene rings is 1. The Hall–Kier alpha value is -1.96. The van der Waals surface area contributed by atoms with Crippen LogP contribution in [-0.2, 0) is 10.0 Å². The minimum Gasteiger partial charge on any atom is -0.291 e. The van der Waals surface area contributed by atoms with E-state index in [9.17, 15) is 18.5 Å². The quantitative estimate of drug-likeness (QED) is 0.586. The summed E-state index contributed by atoms with van der Waals surface area (Å²) < 4.78 is 24.5. The second-order valence-corrected chi connectivity index (χ2v) is 5.78. The van der Waals surface area contributed by atoms with Crippen molar-refractivity contribution in [3.63, 3.8) is 0 Å². The number of nitrogens with zero attached hydrogens (tertiary/aromatic N) is 3. The number of nitro benzene ring substituents is 1. The van der Waals surface area contributed by atoms with Crippen LogP contribution < -0.4 is 4.31 Å². The monoisotopic (exact) mass is 269 g/mol. The number of anilines is 1. The van der Waals surface area contributed by atoms with Crippen LogP contribution in [0.1, 0.15) is 5.56 Å².